The molecule has 0 saturated carbocycles. The lowest BCUT2D eigenvalue weighted by Crippen LogP contribution is -2.07. The van der Waals surface area contributed by atoms with Crippen molar-refractivity contribution in [2.45, 2.75) is 58.0 Å². The Hall–Kier alpha value is -2.92. The van der Waals surface area contributed by atoms with Crippen molar-refractivity contribution in [3.8, 4) is 11.1 Å². The van der Waals surface area contributed by atoms with E-state index in [2.05, 4.69) is 13.0 Å². The number of allylic oxidation sites excluding steroid dienone is 2. The van der Waals surface area contributed by atoms with Gasteiger partial charge in [-0.2, -0.15) is 0 Å². The molecule has 1 fully saturated rings. The largest absolute Gasteiger partial charge is 0.368 e. The van der Waals surface area contributed by atoms with Gasteiger partial charge < -0.3 is 4.74 Å². The van der Waals surface area contributed by atoms with Crippen molar-refractivity contribution < 1.29 is 22.3 Å². The van der Waals surface area contributed by atoms with Gasteiger partial charge in [-0.15, -0.1) is 0 Å². The first kappa shape index (κ1) is 24.8. The van der Waals surface area contributed by atoms with Crippen LogP contribution in [0.1, 0.15) is 67.4 Å². The predicted molar refractivity (Wildman–Crippen MR) is 134 cm³/mol. The van der Waals surface area contributed by atoms with E-state index in [0.29, 0.717) is 42.1 Å². The highest BCUT2D eigenvalue weighted by molar-refractivity contribution is 5.67. The van der Waals surface area contributed by atoms with E-state index >= 15 is 0 Å². The van der Waals surface area contributed by atoms with Gasteiger partial charge in [0, 0.05) is 16.7 Å². The number of ether oxygens (including phenoxy) is 1. The quantitative estimate of drug-likeness (QED) is 0.225. The van der Waals surface area contributed by atoms with Gasteiger partial charge in [0.2, 0.25) is 0 Å². The van der Waals surface area contributed by atoms with E-state index in [1.807, 2.05) is 12.1 Å². The fraction of sp³-hybridized carbons (Fsp3) is 0.355. The van der Waals surface area contributed by atoms with Crippen LogP contribution in [0.2, 0.25) is 0 Å². The molecule has 0 spiro atoms. The molecule has 1 nitrogen and oxygen atoms in total. The normalized spacial score (nSPS) is 19.3. The molecule has 0 bridgehead atoms. The van der Waals surface area contributed by atoms with Crippen LogP contribution < -0.4 is 0 Å². The summed E-state index contributed by atoms with van der Waals surface area (Å²) >= 11 is 0. The van der Waals surface area contributed by atoms with Crippen molar-refractivity contribution in [2.75, 3.05) is 6.61 Å². The number of rotatable bonds is 8. The molecule has 2 aliphatic rings. The van der Waals surface area contributed by atoms with Crippen LogP contribution in [0.25, 0.3) is 16.7 Å². The minimum Gasteiger partial charge on any atom is -0.368 e. The summed E-state index contributed by atoms with van der Waals surface area (Å²) < 4.78 is 63.8. The summed E-state index contributed by atoms with van der Waals surface area (Å²) in [5.74, 6) is -2.66. The van der Waals surface area contributed by atoms with Crippen LogP contribution in [0.15, 0.2) is 54.6 Å². The highest BCUT2D eigenvalue weighted by Crippen LogP contribution is 2.36. The first-order valence-electron chi connectivity index (χ1n) is 12.8. The molecule has 1 saturated heterocycles. The smallest absolute Gasteiger partial charge is 0.167 e. The standard InChI is InChI=1S/C31H30F4O/c1-2-3-19-4-9-21(10-5-19)24-15-14-23(28(32)29(24)33)13-8-20-6-11-22(12-7-20)25-16-17-26(27-18-36-27)31(35)30(25)34/h6-7,9,11-12,14-17,19,27H,2-5,8,10,13,18H2,1H3. The van der Waals surface area contributed by atoms with Crippen LogP contribution in [0.4, 0.5) is 17.6 Å². The first-order chi connectivity index (χ1) is 17.5. The van der Waals surface area contributed by atoms with E-state index < -0.39 is 23.3 Å². The highest BCUT2D eigenvalue weighted by Gasteiger charge is 2.30. The van der Waals surface area contributed by atoms with Gasteiger partial charge in [-0.25, -0.2) is 17.6 Å². The Morgan fingerprint density at radius 3 is 2.19 bits per heavy atom. The van der Waals surface area contributed by atoms with Crippen LogP contribution in [-0.4, -0.2) is 6.61 Å². The molecule has 5 rings (SSSR count). The van der Waals surface area contributed by atoms with Crippen LogP contribution in [0.5, 0.6) is 0 Å². The van der Waals surface area contributed by atoms with E-state index in [9.17, 15) is 17.6 Å². The van der Waals surface area contributed by atoms with Crippen LogP contribution in [0.3, 0.4) is 0 Å². The highest BCUT2D eigenvalue weighted by atomic mass is 19.2. The van der Waals surface area contributed by atoms with E-state index in [4.69, 9.17) is 4.74 Å². The maximum absolute atomic E-state index is 14.9. The molecular weight excluding hydrogens is 464 g/mol. The molecule has 0 radical (unpaired) electrons. The third kappa shape index (κ3) is 5.12. The summed E-state index contributed by atoms with van der Waals surface area (Å²) in [5.41, 5.74) is 3.52. The number of hydrogen-bond acceptors (Lipinski definition) is 1. The topological polar surface area (TPSA) is 12.5 Å². The van der Waals surface area contributed by atoms with Crippen molar-refractivity contribution in [2.24, 2.45) is 5.92 Å². The first-order valence-corrected chi connectivity index (χ1v) is 12.8. The van der Waals surface area contributed by atoms with Crippen LogP contribution in [0, 0.1) is 29.2 Å². The summed E-state index contributed by atoms with van der Waals surface area (Å²) in [4.78, 5) is 0. The average Bonchev–Trinajstić information content (AvgIpc) is 3.73. The molecule has 0 aromatic heterocycles. The molecule has 0 amide bonds. The molecule has 5 heteroatoms. The van der Waals surface area contributed by atoms with Crippen molar-refractivity contribution in [3.63, 3.8) is 0 Å². The van der Waals surface area contributed by atoms with Gasteiger partial charge in [0.15, 0.2) is 23.3 Å². The van der Waals surface area contributed by atoms with Gasteiger partial charge in [-0.1, -0.05) is 74.4 Å². The Morgan fingerprint density at radius 2 is 1.53 bits per heavy atom. The van der Waals surface area contributed by atoms with Gasteiger partial charge in [-0.3, -0.25) is 0 Å². The van der Waals surface area contributed by atoms with Gasteiger partial charge in [0.25, 0.3) is 0 Å². The molecular formula is C31H30F4O. The molecule has 188 valence electrons. The molecule has 3 aromatic rings. The number of epoxide rings is 1. The summed E-state index contributed by atoms with van der Waals surface area (Å²) in [5, 5.41) is 0. The molecule has 36 heavy (non-hydrogen) atoms. The number of halogens is 4. The molecule has 0 N–H and O–H groups in total. The molecule has 2 unspecified atom stereocenters. The number of benzene rings is 3. The zero-order valence-corrected chi connectivity index (χ0v) is 20.4. The summed E-state index contributed by atoms with van der Waals surface area (Å²) in [6.07, 6.45) is 7.63. The third-order valence-corrected chi connectivity index (χ3v) is 7.47. The van der Waals surface area contributed by atoms with Gasteiger partial charge in [0.1, 0.15) is 6.10 Å². The Morgan fingerprint density at radius 1 is 0.806 bits per heavy atom. The lowest BCUT2D eigenvalue weighted by atomic mass is 9.84. The van der Waals surface area contributed by atoms with Crippen molar-refractivity contribution >= 4 is 5.57 Å². The van der Waals surface area contributed by atoms with E-state index in [0.717, 1.165) is 36.8 Å². The summed E-state index contributed by atoms with van der Waals surface area (Å²) in [6, 6.07) is 13.6. The number of aryl methyl sites for hydroxylation is 2. The second-order valence-electron chi connectivity index (χ2n) is 9.91. The minimum absolute atomic E-state index is 0.185. The molecule has 1 aliphatic carbocycles. The van der Waals surface area contributed by atoms with Crippen LogP contribution >= 0.6 is 0 Å². The van der Waals surface area contributed by atoms with E-state index in [1.54, 1.807) is 36.4 Å². The Balaban J connectivity index is 1.25. The molecule has 3 aromatic carbocycles. The van der Waals surface area contributed by atoms with Gasteiger partial charge in [-0.05, 0) is 60.3 Å². The maximum Gasteiger partial charge on any atom is 0.167 e. The second kappa shape index (κ2) is 10.6. The molecule has 2 atom stereocenters. The zero-order chi connectivity index (χ0) is 25.2. The van der Waals surface area contributed by atoms with Crippen molar-refractivity contribution in [1.82, 2.24) is 0 Å². The zero-order valence-electron chi connectivity index (χ0n) is 20.4. The summed E-state index contributed by atoms with van der Waals surface area (Å²) in [7, 11) is 0. The Labute approximate surface area is 209 Å². The number of hydrogen-bond donors (Lipinski definition) is 0. The third-order valence-electron chi connectivity index (χ3n) is 7.47. The predicted octanol–water partition coefficient (Wildman–Crippen LogP) is 8.75. The minimum atomic E-state index is -0.887. The fourth-order valence-corrected chi connectivity index (χ4v) is 5.23. The average molecular weight is 495 g/mol. The molecule has 1 heterocycles. The Bertz CT molecular complexity index is 1270. The van der Waals surface area contributed by atoms with E-state index in [-0.39, 0.29) is 17.2 Å². The SMILES string of the molecule is CCCC1CC=C(c2ccc(CCc3ccc(-c4ccc(C5CO5)c(F)c4F)cc3)c(F)c2F)CC1. The Kier molecular flexibility index (Phi) is 7.29. The lowest BCUT2D eigenvalue weighted by molar-refractivity contribution is 0.401. The van der Waals surface area contributed by atoms with Crippen molar-refractivity contribution in [3.05, 3.63) is 100 Å². The monoisotopic (exact) mass is 494 g/mol. The maximum atomic E-state index is 14.9. The van der Waals surface area contributed by atoms with Gasteiger partial charge in [0.05, 0.1) is 6.61 Å². The van der Waals surface area contributed by atoms with E-state index in [1.165, 1.54) is 6.42 Å². The van der Waals surface area contributed by atoms with Gasteiger partial charge >= 0.3 is 0 Å². The van der Waals surface area contributed by atoms with Crippen molar-refractivity contribution in [1.29, 1.82) is 0 Å². The summed E-state index contributed by atoms with van der Waals surface area (Å²) in [6.45, 7) is 2.58. The molecule has 1 aliphatic heterocycles. The fourth-order valence-electron chi connectivity index (χ4n) is 5.23. The lowest BCUT2D eigenvalue weighted by Gasteiger charge is -2.22. The second-order valence-corrected chi connectivity index (χ2v) is 9.91. The van der Waals surface area contributed by atoms with Crippen LogP contribution in [-0.2, 0) is 17.6 Å².